The van der Waals surface area contributed by atoms with Crippen LogP contribution in [-0.2, 0) is 0 Å². The summed E-state index contributed by atoms with van der Waals surface area (Å²) in [6, 6.07) is 6.93. The average Bonchev–Trinajstić information content (AvgIpc) is 2.54. The molecule has 0 atom stereocenters. The Hall–Kier alpha value is -2.76. The molecule has 0 unspecified atom stereocenters. The van der Waals surface area contributed by atoms with Gasteiger partial charge in [-0.1, -0.05) is 6.92 Å². The number of carbonyl (C=O) groups excluding carboxylic acids is 2. The van der Waals surface area contributed by atoms with E-state index in [1.54, 1.807) is 24.3 Å². The summed E-state index contributed by atoms with van der Waals surface area (Å²) in [4.78, 5) is 29.9. The van der Waals surface area contributed by atoms with E-state index in [1.165, 1.54) is 6.20 Å². The molecule has 1 heterocycles. The fourth-order valence-electron chi connectivity index (χ4n) is 1.70. The molecule has 0 aliphatic carbocycles. The average molecular weight is 284 g/mol. The molecule has 21 heavy (non-hydrogen) atoms. The first kappa shape index (κ1) is 14.6. The summed E-state index contributed by atoms with van der Waals surface area (Å²) in [6.45, 7) is 2.76. The lowest BCUT2D eigenvalue weighted by atomic mass is 10.2. The van der Waals surface area contributed by atoms with Gasteiger partial charge in [-0.25, -0.2) is 4.98 Å². The molecule has 0 aliphatic heterocycles. The summed E-state index contributed by atoms with van der Waals surface area (Å²) >= 11 is 0. The Bertz CT molecular complexity index is 626. The fourth-order valence-corrected chi connectivity index (χ4v) is 1.70. The van der Waals surface area contributed by atoms with Crippen molar-refractivity contribution in [2.45, 2.75) is 13.3 Å². The smallest absolute Gasteiger partial charge is 0.229 e. The first-order chi connectivity index (χ1) is 10.3. The Morgan fingerprint density at radius 1 is 1.14 bits per heavy atom. The van der Waals surface area contributed by atoms with E-state index in [-0.39, 0.29) is 0 Å². The van der Waals surface area contributed by atoms with Crippen LogP contribution < -0.4 is 10.6 Å². The minimum atomic E-state index is 0.387. The number of rotatable bonds is 7. The first-order valence-electron chi connectivity index (χ1n) is 6.65. The lowest BCUT2D eigenvalue weighted by Gasteiger charge is -2.09. The SMILES string of the molecule is CCCNc1nc(Nc2ccc(C=O)cc2)ncc1C=O. The second-order valence-corrected chi connectivity index (χ2v) is 4.41. The van der Waals surface area contributed by atoms with Crippen LogP contribution in [0.2, 0.25) is 0 Å². The summed E-state index contributed by atoms with van der Waals surface area (Å²) in [5, 5.41) is 6.12. The molecular formula is C15H16N4O2. The van der Waals surface area contributed by atoms with Gasteiger partial charge in [0, 0.05) is 24.0 Å². The fraction of sp³-hybridized carbons (Fsp3) is 0.200. The Labute approximate surface area is 122 Å². The zero-order valence-electron chi connectivity index (χ0n) is 11.7. The second kappa shape index (κ2) is 7.14. The van der Waals surface area contributed by atoms with E-state index in [4.69, 9.17) is 0 Å². The van der Waals surface area contributed by atoms with Gasteiger partial charge in [0.05, 0.1) is 5.56 Å². The largest absolute Gasteiger partial charge is 0.369 e. The number of nitrogens with zero attached hydrogens (tertiary/aromatic N) is 2. The zero-order chi connectivity index (χ0) is 15.1. The number of aromatic nitrogens is 2. The van der Waals surface area contributed by atoms with E-state index in [0.717, 1.165) is 31.2 Å². The summed E-state index contributed by atoms with van der Waals surface area (Å²) in [6.07, 6.45) is 3.91. The molecule has 0 saturated carbocycles. The van der Waals surface area contributed by atoms with Gasteiger partial charge in [0.15, 0.2) is 6.29 Å². The molecular weight excluding hydrogens is 268 g/mol. The first-order valence-corrected chi connectivity index (χ1v) is 6.65. The standard InChI is InChI=1S/C15H16N4O2/c1-2-7-16-14-12(10-21)8-17-15(19-14)18-13-5-3-11(9-20)4-6-13/h3-6,8-10H,2,7H2,1H3,(H2,16,17,18,19). The van der Waals surface area contributed by atoms with Crippen molar-refractivity contribution in [3.05, 3.63) is 41.6 Å². The molecule has 0 spiro atoms. The molecule has 0 fully saturated rings. The molecule has 0 bridgehead atoms. The van der Waals surface area contributed by atoms with Gasteiger partial charge in [-0.15, -0.1) is 0 Å². The summed E-state index contributed by atoms with van der Waals surface area (Å²) in [5.74, 6) is 0.895. The van der Waals surface area contributed by atoms with Crippen LogP contribution in [0.1, 0.15) is 34.1 Å². The van der Waals surface area contributed by atoms with Gasteiger partial charge in [0.1, 0.15) is 12.1 Å². The van der Waals surface area contributed by atoms with Crippen molar-refractivity contribution in [1.29, 1.82) is 0 Å². The third-order valence-electron chi connectivity index (χ3n) is 2.79. The van der Waals surface area contributed by atoms with Crippen molar-refractivity contribution < 1.29 is 9.59 Å². The molecule has 0 radical (unpaired) electrons. The van der Waals surface area contributed by atoms with Crippen molar-refractivity contribution in [2.75, 3.05) is 17.2 Å². The van der Waals surface area contributed by atoms with E-state index in [1.807, 2.05) is 6.92 Å². The van der Waals surface area contributed by atoms with Gasteiger partial charge in [-0.3, -0.25) is 9.59 Å². The van der Waals surface area contributed by atoms with Crippen molar-refractivity contribution in [3.63, 3.8) is 0 Å². The third kappa shape index (κ3) is 3.85. The molecule has 1 aromatic carbocycles. The number of hydrogen-bond acceptors (Lipinski definition) is 6. The zero-order valence-corrected chi connectivity index (χ0v) is 11.7. The third-order valence-corrected chi connectivity index (χ3v) is 2.79. The normalized spacial score (nSPS) is 9.95. The number of anilines is 3. The molecule has 2 N–H and O–H groups in total. The lowest BCUT2D eigenvalue weighted by molar-refractivity contribution is 0.111. The number of nitrogens with one attached hydrogen (secondary N) is 2. The Kier molecular flexibility index (Phi) is 4.98. The molecule has 0 amide bonds. The maximum absolute atomic E-state index is 11.0. The highest BCUT2D eigenvalue weighted by Crippen LogP contribution is 2.17. The minimum absolute atomic E-state index is 0.387. The van der Waals surface area contributed by atoms with Gasteiger partial charge in [-0.05, 0) is 30.7 Å². The van der Waals surface area contributed by atoms with Gasteiger partial charge < -0.3 is 10.6 Å². The van der Waals surface area contributed by atoms with E-state index < -0.39 is 0 Å². The highest BCUT2D eigenvalue weighted by molar-refractivity contribution is 5.82. The predicted molar refractivity (Wildman–Crippen MR) is 81.3 cm³/mol. The van der Waals surface area contributed by atoms with Crippen LogP contribution in [0.15, 0.2) is 30.5 Å². The number of carbonyl (C=O) groups is 2. The van der Waals surface area contributed by atoms with Crippen LogP contribution in [0, 0.1) is 0 Å². The van der Waals surface area contributed by atoms with Gasteiger partial charge in [-0.2, -0.15) is 4.98 Å². The minimum Gasteiger partial charge on any atom is -0.369 e. The maximum Gasteiger partial charge on any atom is 0.229 e. The van der Waals surface area contributed by atoms with Crippen LogP contribution >= 0.6 is 0 Å². The topological polar surface area (TPSA) is 84.0 Å². The Morgan fingerprint density at radius 3 is 2.52 bits per heavy atom. The molecule has 0 aliphatic rings. The second-order valence-electron chi connectivity index (χ2n) is 4.41. The van der Waals surface area contributed by atoms with E-state index in [9.17, 15) is 9.59 Å². The molecule has 1 aromatic heterocycles. The van der Waals surface area contributed by atoms with Crippen molar-refractivity contribution in [1.82, 2.24) is 9.97 Å². The van der Waals surface area contributed by atoms with Crippen LogP contribution in [0.25, 0.3) is 0 Å². The van der Waals surface area contributed by atoms with E-state index in [0.29, 0.717) is 22.9 Å². The van der Waals surface area contributed by atoms with Crippen LogP contribution in [0.4, 0.5) is 17.5 Å². The highest BCUT2D eigenvalue weighted by atomic mass is 16.1. The highest BCUT2D eigenvalue weighted by Gasteiger charge is 2.06. The molecule has 2 aromatic rings. The van der Waals surface area contributed by atoms with Crippen LogP contribution in [0.5, 0.6) is 0 Å². The quantitative estimate of drug-likeness (QED) is 0.760. The molecule has 0 saturated heterocycles. The monoisotopic (exact) mass is 284 g/mol. The van der Waals surface area contributed by atoms with Crippen LogP contribution in [0.3, 0.4) is 0 Å². The molecule has 108 valence electrons. The van der Waals surface area contributed by atoms with E-state index >= 15 is 0 Å². The molecule has 2 rings (SSSR count). The van der Waals surface area contributed by atoms with Crippen molar-refractivity contribution >= 4 is 30.0 Å². The van der Waals surface area contributed by atoms with Crippen molar-refractivity contribution in [3.8, 4) is 0 Å². The van der Waals surface area contributed by atoms with Crippen LogP contribution in [-0.4, -0.2) is 29.1 Å². The number of benzene rings is 1. The van der Waals surface area contributed by atoms with Gasteiger partial charge in [0.2, 0.25) is 5.95 Å². The molecule has 6 heteroatoms. The van der Waals surface area contributed by atoms with Gasteiger partial charge in [0.25, 0.3) is 0 Å². The number of hydrogen-bond donors (Lipinski definition) is 2. The van der Waals surface area contributed by atoms with Gasteiger partial charge >= 0.3 is 0 Å². The number of aldehydes is 2. The van der Waals surface area contributed by atoms with E-state index in [2.05, 4.69) is 20.6 Å². The Balaban J connectivity index is 2.18. The predicted octanol–water partition coefficient (Wildman–Crippen LogP) is 2.67. The summed E-state index contributed by atoms with van der Waals surface area (Å²) in [7, 11) is 0. The van der Waals surface area contributed by atoms with Crippen molar-refractivity contribution in [2.24, 2.45) is 0 Å². The summed E-state index contributed by atoms with van der Waals surface area (Å²) < 4.78 is 0. The summed E-state index contributed by atoms with van der Waals surface area (Å²) in [5.41, 5.74) is 1.79. The lowest BCUT2D eigenvalue weighted by Crippen LogP contribution is -2.08. The Morgan fingerprint density at radius 2 is 1.90 bits per heavy atom. The molecule has 6 nitrogen and oxygen atoms in total. The maximum atomic E-state index is 11.0.